The van der Waals surface area contributed by atoms with Gasteiger partial charge in [-0.2, -0.15) is 0 Å². The van der Waals surface area contributed by atoms with Gasteiger partial charge in [0.2, 0.25) is 10.0 Å². The third-order valence-electron chi connectivity index (χ3n) is 1.72. The summed E-state index contributed by atoms with van der Waals surface area (Å²) in [6, 6.07) is 0. The van der Waals surface area contributed by atoms with E-state index in [1.54, 1.807) is 0 Å². The standard InChI is InChI=1S/C7H8F2N2O4S/c1-15-6-3(16(10,13)14)2-11-4(5(6)12)7(8)9/h2,7,12H,1H3,(H2,10,13,14). The fraction of sp³-hybridized carbons (Fsp3) is 0.286. The summed E-state index contributed by atoms with van der Waals surface area (Å²) in [5, 5.41) is 14.1. The summed E-state index contributed by atoms with van der Waals surface area (Å²) in [6.45, 7) is 0. The minimum absolute atomic E-state index is 0.607. The topological polar surface area (TPSA) is 103 Å². The summed E-state index contributed by atoms with van der Waals surface area (Å²) in [7, 11) is -3.19. The van der Waals surface area contributed by atoms with E-state index in [9.17, 15) is 22.3 Å². The monoisotopic (exact) mass is 254 g/mol. The lowest BCUT2D eigenvalue weighted by Gasteiger charge is -2.10. The minimum Gasteiger partial charge on any atom is -0.503 e. The number of ether oxygens (including phenoxy) is 1. The Morgan fingerprint density at radius 1 is 1.56 bits per heavy atom. The van der Waals surface area contributed by atoms with Gasteiger partial charge in [0, 0.05) is 0 Å². The first kappa shape index (κ1) is 12.6. The Labute approximate surface area is 89.7 Å². The van der Waals surface area contributed by atoms with Crippen LogP contribution in [-0.2, 0) is 10.0 Å². The maximum absolute atomic E-state index is 12.3. The molecule has 1 aromatic heterocycles. The Morgan fingerprint density at radius 2 is 2.12 bits per heavy atom. The van der Waals surface area contributed by atoms with Crippen LogP contribution in [0.15, 0.2) is 11.1 Å². The number of hydrogen-bond acceptors (Lipinski definition) is 5. The number of sulfonamides is 1. The highest BCUT2D eigenvalue weighted by Gasteiger charge is 2.25. The van der Waals surface area contributed by atoms with Gasteiger partial charge in [0.25, 0.3) is 6.43 Å². The average Bonchev–Trinajstić information content (AvgIpc) is 2.15. The molecule has 1 heterocycles. The second-order valence-corrected chi connectivity index (χ2v) is 4.27. The molecule has 0 spiro atoms. The molecule has 1 rings (SSSR count). The van der Waals surface area contributed by atoms with Gasteiger partial charge in [-0.25, -0.2) is 27.3 Å². The van der Waals surface area contributed by atoms with E-state index in [4.69, 9.17) is 5.14 Å². The molecule has 1 aromatic rings. The predicted octanol–water partition coefficient (Wildman–Crippen LogP) is 0.381. The third-order valence-corrected chi connectivity index (χ3v) is 2.62. The average molecular weight is 254 g/mol. The van der Waals surface area contributed by atoms with Crippen LogP contribution in [-0.4, -0.2) is 25.6 Å². The van der Waals surface area contributed by atoms with Gasteiger partial charge in [0.05, 0.1) is 13.3 Å². The van der Waals surface area contributed by atoms with E-state index in [0.29, 0.717) is 6.20 Å². The Hall–Kier alpha value is -1.48. The van der Waals surface area contributed by atoms with Crippen LogP contribution in [0.25, 0.3) is 0 Å². The predicted molar refractivity (Wildman–Crippen MR) is 48.8 cm³/mol. The molecule has 6 nitrogen and oxygen atoms in total. The van der Waals surface area contributed by atoms with Gasteiger partial charge < -0.3 is 9.84 Å². The van der Waals surface area contributed by atoms with Gasteiger partial charge >= 0.3 is 0 Å². The van der Waals surface area contributed by atoms with Gasteiger partial charge in [0.1, 0.15) is 4.90 Å². The van der Waals surface area contributed by atoms with Crippen molar-refractivity contribution in [3.63, 3.8) is 0 Å². The molecule has 90 valence electrons. The summed E-state index contributed by atoms with van der Waals surface area (Å²) >= 11 is 0. The van der Waals surface area contributed by atoms with E-state index in [1.165, 1.54) is 0 Å². The number of nitrogens with zero attached hydrogens (tertiary/aromatic N) is 1. The molecule has 0 bridgehead atoms. The lowest BCUT2D eigenvalue weighted by atomic mass is 10.3. The third kappa shape index (κ3) is 2.19. The van der Waals surface area contributed by atoms with Crippen LogP contribution < -0.4 is 9.88 Å². The molecule has 0 radical (unpaired) electrons. The Bertz CT molecular complexity index is 503. The van der Waals surface area contributed by atoms with E-state index in [-0.39, 0.29) is 0 Å². The van der Waals surface area contributed by atoms with Crippen molar-refractivity contribution in [3.8, 4) is 11.5 Å². The Morgan fingerprint density at radius 3 is 2.50 bits per heavy atom. The number of halogens is 2. The number of rotatable bonds is 3. The molecule has 0 aliphatic heterocycles. The number of nitrogens with two attached hydrogens (primary N) is 1. The van der Waals surface area contributed by atoms with Crippen LogP contribution in [0.5, 0.6) is 11.5 Å². The minimum atomic E-state index is -4.20. The lowest BCUT2D eigenvalue weighted by Crippen LogP contribution is -2.14. The quantitative estimate of drug-likeness (QED) is 0.811. The second kappa shape index (κ2) is 4.18. The Balaban J connectivity index is 3.54. The number of pyridine rings is 1. The van der Waals surface area contributed by atoms with Crippen molar-refractivity contribution in [1.82, 2.24) is 4.98 Å². The number of methoxy groups -OCH3 is 1. The van der Waals surface area contributed by atoms with Crippen LogP contribution >= 0.6 is 0 Å². The summed E-state index contributed by atoms with van der Waals surface area (Å²) in [5.41, 5.74) is -0.968. The zero-order valence-electron chi connectivity index (χ0n) is 8.02. The number of aromatic nitrogens is 1. The smallest absolute Gasteiger partial charge is 0.284 e. The molecule has 9 heteroatoms. The molecular formula is C7H8F2N2O4S. The highest BCUT2D eigenvalue weighted by molar-refractivity contribution is 7.89. The molecule has 0 saturated heterocycles. The summed E-state index contributed by atoms with van der Waals surface area (Å²) in [4.78, 5) is 2.46. The normalized spacial score (nSPS) is 11.8. The number of alkyl halides is 2. The van der Waals surface area contributed by atoms with E-state index in [0.717, 1.165) is 7.11 Å². The van der Waals surface area contributed by atoms with E-state index in [1.807, 2.05) is 0 Å². The highest BCUT2D eigenvalue weighted by Crippen LogP contribution is 2.38. The SMILES string of the molecule is COc1c(S(N)(=O)=O)cnc(C(F)F)c1O. The zero-order valence-corrected chi connectivity index (χ0v) is 8.83. The van der Waals surface area contributed by atoms with Crippen LogP contribution in [0, 0.1) is 0 Å². The molecule has 3 N–H and O–H groups in total. The van der Waals surface area contributed by atoms with Crippen molar-refractivity contribution in [2.24, 2.45) is 5.14 Å². The maximum Gasteiger partial charge on any atom is 0.284 e. The fourth-order valence-electron chi connectivity index (χ4n) is 1.04. The van der Waals surface area contributed by atoms with Crippen LogP contribution in [0.3, 0.4) is 0 Å². The van der Waals surface area contributed by atoms with Gasteiger partial charge in [0.15, 0.2) is 17.2 Å². The largest absolute Gasteiger partial charge is 0.503 e. The van der Waals surface area contributed by atoms with E-state index < -0.39 is 38.5 Å². The second-order valence-electron chi connectivity index (χ2n) is 2.74. The van der Waals surface area contributed by atoms with Crippen LogP contribution in [0.1, 0.15) is 12.1 Å². The van der Waals surface area contributed by atoms with E-state index >= 15 is 0 Å². The lowest BCUT2D eigenvalue weighted by molar-refractivity contribution is 0.140. The molecule has 0 atom stereocenters. The maximum atomic E-state index is 12.3. The molecule has 0 amide bonds. The van der Waals surface area contributed by atoms with Gasteiger partial charge in [-0.05, 0) is 0 Å². The van der Waals surface area contributed by atoms with Gasteiger partial charge in [-0.3, -0.25) is 0 Å². The first-order valence-electron chi connectivity index (χ1n) is 3.85. The summed E-state index contributed by atoms with van der Waals surface area (Å²) < 4.78 is 51.1. The number of aromatic hydroxyl groups is 1. The van der Waals surface area contributed by atoms with Gasteiger partial charge in [-0.15, -0.1) is 0 Å². The highest BCUT2D eigenvalue weighted by atomic mass is 32.2. The van der Waals surface area contributed by atoms with Gasteiger partial charge in [-0.1, -0.05) is 0 Å². The Kier molecular flexibility index (Phi) is 3.29. The molecule has 0 unspecified atom stereocenters. The molecule has 0 aliphatic carbocycles. The number of primary sulfonamides is 1. The molecular weight excluding hydrogens is 246 g/mol. The van der Waals surface area contributed by atoms with E-state index in [2.05, 4.69) is 9.72 Å². The number of hydrogen-bond donors (Lipinski definition) is 2. The fourth-order valence-corrected chi connectivity index (χ4v) is 1.68. The van der Waals surface area contributed by atoms with Crippen molar-refractivity contribution in [1.29, 1.82) is 0 Å². The molecule has 0 saturated carbocycles. The molecule has 0 fully saturated rings. The van der Waals surface area contributed by atoms with Crippen molar-refractivity contribution in [2.45, 2.75) is 11.3 Å². The first-order chi connectivity index (χ1) is 7.29. The molecule has 0 aromatic carbocycles. The zero-order chi connectivity index (χ0) is 12.5. The van der Waals surface area contributed by atoms with Crippen molar-refractivity contribution < 1.29 is 27.0 Å². The van der Waals surface area contributed by atoms with Crippen molar-refractivity contribution in [3.05, 3.63) is 11.9 Å². The van der Waals surface area contributed by atoms with Crippen molar-refractivity contribution >= 4 is 10.0 Å². The summed E-state index contributed by atoms with van der Waals surface area (Å²) in [5.74, 6) is -1.68. The molecule has 16 heavy (non-hydrogen) atoms. The van der Waals surface area contributed by atoms with Crippen LogP contribution in [0.4, 0.5) is 8.78 Å². The van der Waals surface area contributed by atoms with Crippen molar-refractivity contribution in [2.75, 3.05) is 7.11 Å². The summed E-state index contributed by atoms with van der Waals surface area (Å²) in [6.07, 6.45) is -2.45. The first-order valence-corrected chi connectivity index (χ1v) is 5.40. The van der Waals surface area contributed by atoms with Crippen LogP contribution in [0.2, 0.25) is 0 Å². The molecule has 0 aliphatic rings.